The van der Waals surface area contributed by atoms with Crippen molar-refractivity contribution >= 4 is 5.91 Å². The largest absolute Gasteiger partial charge is 0.351 e. The van der Waals surface area contributed by atoms with Crippen molar-refractivity contribution in [2.75, 3.05) is 19.6 Å². The predicted octanol–water partition coefficient (Wildman–Crippen LogP) is 2.50. The van der Waals surface area contributed by atoms with Gasteiger partial charge in [-0.3, -0.25) is 14.7 Å². The fourth-order valence-electron chi connectivity index (χ4n) is 3.17. The van der Waals surface area contributed by atoms with Crippen LogP contribution in [-0.2, 0) is 11.3 Å². The molecule has 4 heteroatoms. The van der Waals surface area contributed by atoms with E-state index in [9.17, 15) is 4.79 Å². The minimum atomic E-state index is 0.0990. The van der Waals surface area contributed by atoms with Crippen LogP contribution in [-0.4, -0.2) is 35.4 Å². The molecule has 0 radical (unpaired) electrons. The highest BCUT2D eigenvalue weighted by Crippen LogP contribution is 2.26. The van der Waals surface area contributed by atoms with Crippen LogP contribution in [0.25, 0.3) is 0 Å². The molecule has 23 heavy (non-hydrogen) atoms. The molecule has 1 N–H and O–H groups in total. The SMILES string of the molecule is Cc1cccc(CNC(=O)CN2CCC(c3ccncc3)C2)c1. The lowest BCUT2D eigenvalue weighted by atomic mass is 10.00. The number of carbonyl (C=O) groups is 1. The Bertz CT molecular complexity index is 657. The van der Waals surface area contributed by atoms with Crippen LogP contribution in [0.3, 0.4) is 0 Å². The van der Waals surface area contributed by atoms with Crippen LogP contribution in [0.4, 0.5) is 0 Å². The lowest BCUT2D eigenvalue weighted by Crippen LogP contribution is -2.35. The second-order valence-electron chi connectivity index (χ2n) is 6.27. The van der Waals surface area contributed by atoms with Crippen molar-refractivity contribution in [1.82, 2.24) is 15.2 Å². The number of nitrogens with zero attached hydrogens (tertiary/aromatic N) is 2. The zero-order valence-corrected chi connectivity index (χ0v) is 13.5. The van der Waals surface area contributed by atoms with Crippen LogP contribution in [0.1, 0.15) is 29.0 Å². The van der Waals surface area contributed by atoms with E-state index in [0.717, 1.165) is 25.1 Å². The molecule has 1 atom stereocenters. The van der Waals surface area contributed by atoms with E-state index < -0.39 is 0 Å². The molecule has 1 aliphatic rings. The number of pyridine rings is 1. The van der Waals surface area contributed by atoms with Gasteiger partial charge >= 0.3 is 0 Å². The summed E-state index contributed by atoms with van der Waals surface area (Å²) in [4.78, 5) is 18.4. The van der Waals surface area contributed by atoms with E-state index in [1.807, 2.05) is 24.5 Å². The Kier molecular flexibility index (Phi) is 5.03. The number of likely N-dealkylation sites (tertiary alicyclic amines) is 1. The van der Waals surface area contributed by atoms with Crippen molar-refractivity contribution < 1.29 is 4.79 Å². The van der Waals surface area contributed by atoms with Gasteiger partial charge in [0, 0.05) is 25.5 Å². The monoisotopic (exact) mass is 309 g/mol. The lowest BCUT2D eigenvalue weighted by Gasteiger charge is -2.16. The van der Waals surface area contributed by atoms with Crippen LogP contribution in [0.5, 0.6) is 0 Å². The molecule has 120 valence electrons. The normalized spacial score (nSPS) is 18.0. The van der Waals surface area contributed by atoms with Gasteiger partial charge in [0.1, 0.15) is 0 Å². The van der Waals surface area contributed by atoms with Crippen LogP contribution in [0.2, 0.25) is 0 Å². The third kappa shape index (κ3) is 4.39. The first-order valence-corrected chi connectivity index (χ1v) is 8.15. The van der Waals surface area contributed by atoms with Gasteiger partial charge in [0.05, 0.1) is 6.54 Å². The van der Waals surface area contributed by atoms with E-state index in [4.69, 9.17) is 0 Å². The van der Waals surface area contributed by atoms with Crippen molar-refractivity contribution in [2.45, 2.75) is 25.8 Å². The highest BCUT2D eigenvalue weighted by molar-refractivity contribution is 5.78. The Labute approximate surface area is 137 Å². The smallest absolute Gasteiger partial charge is 0.234 e. The molecule has 1 aromatic carbocycles. The number of hydrogen-bond donors (Lipinski definition) is 1. The number of amides is 1. The summed E-state index contributed by atoms with van der Waals surface area (Å²) < 4.78 is 0. The van der Waals surface area contributed by atoms with Gasteiger partial charge in [0.25, 0.3) is 0 Å². The zero-order valence-electron chi connectivity index (χ0n) is 13.5. The van der Waals surface area contributed by atoms with Crippen LogP contribution in [0.15, 0.2) is 48.8 Å². The van der Waals surface area contributed by atoms with E-state index in [0.29, 0.717) is 19.0 Å². The molecule has 1 aliphatic heterocycles. The molecular formula is C19H23N3O. The average molecular weight is 309 g/mol. The zero-order chi connectivity index (χ0) is 16.1. The van der Waals surface area contributed by atoms with Crippen LogP contribution in [0, 0.1) is 6.92 Å². The molecule has 1 aromatic heterocycles. The van der Waals surface area contributed by atoms with E-state index in [2.05, 4.69) is 46.4 Å². The first-order valence-electron chi connectivity index (χ1n) is 8.15. The molecule has 1 unspecified atom stereocenters. The third-order valence-electron chi connectivity index (χ3n) is 4.39. The number of benzene rings is 1. The fraction of sp³-hybridized carbons (Fsp3) is 0.368. The summed E-state index contributed by atoms with van der Waals surface area (Å²) >= 11 is 0. The topological polar surface area (TPSA) is 45.2 Å². The van der Waals surface area contributed by atoms with Gasteiger partial charge in [-0.05, 0) is 49.1 Å². The molecule has 1 fully saturated rings. The highest BCUT2D eigenvalue weighted by Gasteiger charge is 2.24. The fourth-order valence-corrected chi connectivity index (χ4v) is 3.17. The van der Waals surface area contributed by atoms with E-state index in [-0.39, 0.29) is 5.91 Å². The number of aromatic nitrogens is 1. The quantitative estimate of drug-likeness (QED) is 0.923. The van der Waals surface area contributed by atoms with Crippen molar-refractivity contribution in [3.63, 3.8) is 0 Å². The summed E-state index contributed by atoms with van der Waals surface area (Å²) in [5, 5.41) is 3.02. The Hall–Kier alpha value is -2.20. The second kappa shape index (κ2) is 7.38. The Morgan fingerprint density at radius 3 is 2.91 bits per heavy atom. The maximum Gasteiger partial charge on any atom is 0.234 e. The van der Waals surface area contributed by atoms with Gasteiger partial charge < -0.3 is 5.32 Å². The van der Waals surface area contributed by atoms with E-state index in [1.54, 1.807) is 0 Å². The number of rotatable bonds is 5. The molecular weight excluding hydrogens is 286 g/mol. The first-order chi connectivity index (χ1) is 11.2. The number of aryl methyl sites for hydroxylation is 1. The Morgan fingerprint density at radius 2 is 2.13 bits per heavy atom. The van der Waals surface area contributed by atoms with Crippen molar-refractivity contribution in [2.24, 2.45) is 0 Å². The summed E-state index contributed by atoms with van der Waals surface area (Å²) in [6.07, 6.45) is 4.79. The van der Waals surface area contributed by atoms with Gasteiger partial charge in [0.15, 0.2) is 0 Å². The lowest BCUT2D eigenvalue weighted by molar-refractivity contribution is -0.122. The molecule has 2 aromatic rings. The minimum Gasteiger partial charge on any atom is -0.351 e. The molecule has 0 aliphatic carbocycles. The molecule has 0 bridgehead atoms. The second-order valence-corrected chi connectivity index (χ2v) is 6.27. The van der Waals surface area contributed by atoms with Gasteiger partial charge in [0.2, 0.25) is 5.91 Å². The van der Waals surface area contributed by atoms with E-state index >= 15 is 0 Å². The molecule has 2 heterocycles. The average Bonchev–Trinajstić information content (AvgIpc) is 3.02. The number of carbonyl (C=O) groups excluding carboxylic acids is 1. The summed E-state index contributed by atoms with van der Waals surface area (Å²) in [7, 11) is 0. The van der Waals surface area contributed by atoms with Crippen LogP contribution >= 0.6 is 0 Å². The molecule has 0 spiro atoms. The third-order valence-corrected chi connectivity index (χ3v) is 4.39. The molecule has 4 nitrogen and oxygen atoms in total. The van der Waals surface area contributed by atoms with E-state index in [1.165, 1.54) is 11.1 Å². The van der Waals surface area contributed by atoms with Crippen molar-refractivity contribution in [1.29, 1.82) is 0 Å². The molecule has 1 saturated heterocycles. The standard InChI is InChI=1S/C19H23N3O/c1-15-3-2-4-16(11-15)12-21-19(23)14-22-10-7-18(13-22)17-5-8-20-9-6-17/h2-6,8-9,11,18H,7,10,12-14H2,1H3,(H,21,23). The van der Waals surface area contributed by atoms with Gasteiger partial charge in [-0.1, -0.05) is 29.8 Å². The van der Waals surface area contributed by atoms with Gasteiger partial charge in [-0.15, -0.1) is 0 Å². The summed E-state index contributed by atoms with van der Waals surface area (Å²) in [5.74, 6) is 0.615. The number of hydrogen-bond acceptors (Lipinski definition) is 3. The maximum absolute atomic E-state index is 12.1. The first kappa shape index (κ1) is 15.7. The van der Waals surface area contributed by atoms with Crippen LogP contribution < -0.4 is 5.32 Å². The summed E-state index contributed by atoms with van der Waals surface area (Å²) in [6.45, 7) is 5.07. The van der Waals surface area contributed by atoms with Gasteiger partial charge in [-0.2, -0.15) is 0 Å². The minimum absolute atomic E-state index is 0.0990. The molecule has 3 rings (SSSR count). The summed E-state index contributed by atoms with van der Waals surface area (Å²) in [6, 6.07) is 12.4. The number of nitrogens with one attached hydrogen (secondary N) is 1. The van der Waals surface area contributed by atoms with Crippen molar-refractivity contribution in [3.05, 3.63) is 65.5 Å². The highest BCUT2D eigenvalue weighted by atomic mass is 16.2. The summed E-state index contributed by atoms with van der Waals surface area (Å²) in [5.41, 5.74) is 3.69. The molecule has 0 saturated carbocycles. The maximum atomic E-state index is 12.1. The Balaban J connectivity index is 1.46. The molecule has 1 amide bonds. The van der Waals surface area contributed by atoms with Gasteiger partial charge in [-0.25, -0.2) is 0 Å². The van der Waals surface area contributed by atoms with Crippen molar-refractivity contribution in [3.8, 4) is 0 Å². The Morgan fingerprint density at radius 1 is 1.30 bits per heavy atom. The predicted molar refractivity (Wildman–Crippen MR) is 91.1 cm³/mol.